The summed E-state index contributed by atoms with van der Waals surface area (Å²) in [5, 5.41) is 9.32. The molecule has 3 N–H and O–H groups in total. The van der Waals surface area contributed by atoms with Crippen LogP contribution in [-0.4, -0.2) is 50.6 Å². The molecule has 1 fully saturated rings. The minimum absolute atomic E-state index is 0. The van der Waals surface area contributed by atoms with Gasteiger partial charge in [0, 0.05) is 52.0 Å². The second-order valence-corrected chi connectivity index (χ2v) is 8.08. The molecule has 0 atom stereocenters. The van der Waals surface area contributed by atoms with E-state index in [1.165, 1.54) is 12.8 Å². The first-order chi connectivity index (χ1) is 15.1. The summed E-state index contributed by atoms with van der Waals surface area (Å²) in [4.78, 5) is 23.1. The van der Waals surface area contributed by atoms with Gasteiger partial charge >= 0.3 is 0 Å². The molecule has 1 saturated heterocycles. The van der Waals surface area contributed by atoms with Crippen molar-refractivity contribution in [3.05, 3.63) is 59.3 Å². The Morgan fingerprint density at radius 3 is 2.59 bits per heavy atom. The molecule has 2 aromatic rings. The number of aliphatic imine (C=N–C) groups is 1. The quantitative estimate of drug-likeness (QED) is 0.280. The molecule has 1 amide bonds. The van der Waals surface area contributed by atoms with Crippen LogP contribution in [0.4, 0.5) is 5.82 Å². The fourth-order valence-electron chi connectivity index (χ4n) is 3.69. The number of nitrogens with one attached hydrogen (secondary N) is 3. The monoisotopic (exact) mass is 550 g/mol. The Kier molecular flexibility index (Phi) is 10.7. The lowest BCUT2D eigenvalue weighted by Crippen LogP contribution is -2.38. The Bertz CT molecular complexity index is 878. The summed E-state index contributed by atoms with van der Waals surface area (Å²) < 4.78 is 0. The molecule has 8 heteroatoms. The van der Waals surface area contributed by atoms with Crippen molar-refractivity contribution in [3.8, 4) is 0 Å². The summed E-state index contributed by atoms with van der Waals surface area (Å²) in [5.74, 6) is 2.56. The zero-order chi connectivity index (χ0) is 22.1. The van der Waals surface area contributed by atoms with E-state index in [9.17, 15) is 4.79 Å². The Balaban J connectivity index is 0.00000363. The summed E-state index contributed by atoms with van der Waals surface area (Å²) in [6, 6.07) is 11.9. The van der Waals surface area contributed by atoms with Gasteiger partial charge in [0.2, 0.25) is 0 Å². The van der Waals surface area contributed by atoms with Crippen LogP contribution in [0.15, 0.2) is 47.6 Å². The summed E-state index contributed by atoms with van der Waals surface area (Å²) in [6.07, 6.45) is 5.22. The molecule has 7 nitrogen and oxygen atoms in total. The van der Waals surface area contributed by atoms with E-state index in [2.05, 4.69) is 49.9 Å². The van der Waals surface area contributed by atoms with Gasteiger partial charge in [0.25, 0.3) is 5.91 Å². The maximum absolute atomic E-state index is 11.8. The number of halogens is 1. The lowest BCUT2D eigenvalue weighted by atomic mass is 9.99. The van der Waals surface area contributed by atoms with E-state index in [1.807, 2.05) is 30.5 Å². The molecule has 1 aromatic carbocycles. The first kappa shape index (κ1) is 25.9. The van der Waals surface area contributed by atoms with Crippen LogP contribution in [-0.2, 0) is 13.0 Å². The SMILES string of the molecule is CN=C(NCCc1cccc(C(=O)NC)c1)NCc1ccc(N2CCC(C)CC2)nc1.I. The Morgan fingerprint density at radius 2 is 1.94 bits per heavy atom. The maximum Gasteiger partial charge on any atom is 0.251 e. The van der Waals surface area contributed by atoms with Gasteiger partial charge in [-0.25, -0.2) is 4.98 Å². The zero-order valence-electron chi connectivity index (χ0n) is 19.2. The van der Waals surface area contributed by atoms with Gasteiger partial charge in [0.1, 0.15) is 5.82 Å². The number of guanidine groups is 1. The van der Waals surface area contributed by atoms with Gasteiger partial charge < -0.3 is 20.9 Å². The van der Waals surface area contributed by atoms with Gasteiger partial charge in [-0.2, -0.15) is 0 Å². The molecule has 1 aliphatic rings. The molecule has 174 valence electrons. The van der Waals surface area contributed by atoms with E-state index in [1.54, 1.807) is 14.1 Å². The van der Waals surface area contributed by atoms with Gasteiger partial charge in [-0.3, -0.25) is 9.79 Å². The summed E-state index contributed by atoms with van der Waals surface area (Å²) in [7, 11) is 3.41. The molecule has 1 aliphatic heterocycles. The highest BCUT2D eigenvalue weighted by Crippen LogP contribution is 2.21. The van der Waals surface area contributed by atoms with E-state index < -0.39 is 0 Å². The molecule has 0 radical (unpaired) electrons. The number of hydrogen-bond acceptors (Lipinski definition) is 4. The van der Waals surface area contributed by atoms with Crippen LogP contribution in [0.25, 0.3) is 0 Å². The van der Waals surface area contributed by atoms with Crippen LogP contribution in [0.2, 0.25) is 0 Å². The first-order valence-corrected chi connectivity index (χ1v) is 11.0. The highest BCUT2D eigenvalue weighted by molar-refractivity contribution is 14.0. The van der Waals surface area contributed by atoms with Crippen LogP contribution in [0, 0.1) is 5.92 Å². The molecule has 0 spiro atoms. The highest BCUT2D eigenvalue weighted by atomic mass is 127. The number of carbonyl (C=O) groups excluding carboxylic acids is 1. The van der Waals surface area contributed by atoms with Crippen molar-refractivity contribution in [1.82, 2.24) is 20.9 Å². The zero-order valence-corrected chi connectivity index (χ0v) is 21.6. The molecule has 0 aliphatic carbocycles. The predicted molar refractivity (Wildman–Crippen MR) is 142 cm³/mol. The number of amides is 1. The van der Waals surface area contributed by atoms with E-state index >= 15 is 0 Å². The minimum Gasteiger partial charge on any atom is -0.357 e. The second kappa shape index (κ2) is 13.2. The normalized spacial score (nSPS) is 14.5. The van der Waals surface area contributed by atoms with E-state index in [-0.39, 0.29) is 29.9 Å². The summed E-state index contributed by atoms with van der Waals surface area (Å²) >= 11 is 0. The third-order valence-corrected chi connectivity index (χ3v) is 5.72. The van der Waals surface area contributed by atoms with Crippen molar-refractivity contribution < 1.29 is 4.79 Å². The van der Waals surface area contributed by atoms with E-state index in [4.69, 9.17) is 0 Å². The van der Waals surface area contributed by atoms with Gasteiger partial charge in [0.15, 0.2) is 5.96 Å². The van der Waals surface area contributed by atoms with Crippen molar-refractivity contribution in [2.45, 2.75) is 32.7 Å². The van der Waals surface area contributed by atoms with Crippen molar-refractivity contribution in [2.75, 3.05) is 38.6 Å². The van der Waals surface area contributed by atoms with Gasteiger partial charge in [-0.1, -0.05) is 25.1 Å². The average molecular weight is 550 g/mol. The first-order valence-electron chi connectivity index (χ1n) is 11.0. The van der Waals surface area contributed by atoms with Crippen molar-refractivity contribution in [1.29, 1.82) is 0 Å². The average Bonchev–Trinajstić information content (AvgIpc) is 2.82. The smallest absolute Gasteiger partial charge is 0.251 e. The minimum atomic E-state index is -0.0678. The number of pyridine rings is 1. The summed E-state index contributed by atoms with van der Waals surface area (Å²) in [5.41, 5.74) is 2.91. The third-order valence-electron chi connectivity index (χ3n) is 5.72. The molecule has 3 rings (SSSR count). The summed E-state index contributed by atoms with van der Waals surface area (Å²) in [6.45, 7) is 5.89. The molecule has 2 heterocycles. The van der Waals surface area contributed by atoms with Crippen molar-refractivity contribution in [2.24, 2.45) is 10.9 Å². The standard InChI is InChI=1S/C24H34N6O.HI/c1-18-10-13-30(14-11-18)22-8-7-20(16-28-22)17-29-24(26-3)27-12-9-19-5-4-6-21(15-19)23(31)25-2;/h4-8,15-16,18H,9-14,17H2,1-3H3,(H,25,31)(H2,26,27,29);1H. The number of benzene rings is 1. The molecule has 1 aromatic heterocycles. The van der Waals surface area contributed by atoms with Gasteiger partial charge in [0.05, 0.1) is 0 Å². The van der Waals surface area contributed by atoms with Gasteiger partial charge in [-0.15, -0.1) is 24.0 Å². The topological polar surface area (TPSA) is 81.6 Å². The lowest BCUT2D eigenvalue weighted by molar-refractivity contribution is 0.0963. The van der Waals surface area contributed by atoms with Crippen LogP contribution >= 0.6 is 24.0 Å². The number of anilines is 1. The van der Waals surface area contributed by atoms with E-state index in [0.29, 0.717) is 12.1 Å². The number of carbonyl (C=O) groups is 1. The Morgan fingerprint density at radius 1 is 1.16 bits per heavy atom. The van der Waals surface area contributed by atoms with E-state index in [0.717, 1.165) is 54.9 Å². The Hall–Kier alpha value is -2.36. The molecular formula is C24H35IN6O. The number of rotatable bonds is 7. The fraction of sp³-hybridized carbons (Fsp3) is 0.458. The number of aromatic nitrogens is 1. The number of hydrogen-bond donors (Lipinski definition) is 3. The fourth-order valence-corrected chi connectivity index (χ4v) is 3.69. The van der Waals surface area contributed by atoms with Crippen LogP contribution in [0.1, 0.15) is 41.3 Å². The van der Waals surface area contributed by atoms with Crippen molar-refractivity contribution in [3.63, 3.8) is 0 Å². The maximum atomic E-state index is 11.8. The van der Waals surface area contributed by atoms with Crippen LogP contribution in [0.3, 0.4) is 0 Å². The third kappa shape index (κ3) is 7.65. The second-order valence-electron chi connectivity index (χ2n) is 8.08. The lowest BCUT2D eigenvalue weighted by Gasteiger charge is -2.31. The molecule has 0 bridgehead atoms. The molecule has 0 saturated carbocycles. The number of nitrogens with zero attached hydrogens (tertiary/aromatic N) is 3. The molecule has 32 heavy (non-hydrogen) atoms. The predicted octanol–water partition coefficient (Wildman–Crippen LogP) is 3.20. The Labute approximate surface area is 208 Å². The largest absolute Gasteiger partial charge is 0.357 e. The highest BCUT2D eigenvalue weighted by Gasteiger charge is 2.16. The molecular weight excluding hydrogens is 515 g/mol. The number of piperidine rings is 1. The molecule has 0 unspecified atom stereocenters. The van der Waals surface area contributed by atoms with Gasteiger partial charge in [-0.05, 0) is 54.5 Å². The van der Waals surface area contributed by atoms with Crippen LogP contribution in [0.5, 0.6) is 0 Å². The van der Waals surface area contributed by atoms with Crippen LogP contribution < -0.4 is 20.9 Å². The van der Waals surface area contributed by atoms with Crippen molar-refractivity contribution >= 4 is 41.7 Å².